The normalized spacial score (nSPS) is 50.2. The molecule has 83 heavy (non-hydrogen) atoms. The van der Waals surface area contributed by atoms with Crippen LogP contribution in [0.2, 0.25) is 0 Å². The summed E-state index contributed by atoms with van der Waals surface area (Å²) in [6.07, 6.45) is -2.18. The van der Waals surface area contributed by atoms with E-state index in [1.54, 1.807) is 27.7 Å². The molecule has 5 heterocycles. The molecule has 22 heteroatoms. The number of methoxy groups -OCH3 is 2. The van der Waals surface area contributed by atoms with E-state index in [4.69, 9.17) is 52.1 Å². The molecule has 4 aliphatic carbocycles. The van der Waals surface area contributed by atoms with Gasteiger partial charge in [-0.05, 0) is 97.5 Å². The number of esters is 1. The predicted molar refractivity (Wildman–Crippen MR) is 295 cm³/mol. The number of allylic oxidation sites excluding steroid dienone is 4. The van der Waals surface area contributed by atoms with E-state index in [2.05, 4.69) is 25.2 Å². The summed E-state index contributed by atoms with van der Waals surface area (Å²) < 4.78 is 68.2. The molecule has 1 amide bonds. The maximum Gasteiger partial charge on any atom is 0.407 e. The van der Waals surface area contributed by atoms with Crippen molar-refractivity contribution in [1.29, 1.82) is 0 Å². The number of Topliss-reactive ketones (excluding diaryl/α,β-unsaturated/α-hetero) is 1. The van der Waals surface area contributed by atoms with E-state index in [1.165, 1.54) is 21.1 Å². The number of alkyl carbamates (subject to hydrolysis) is 1. The van der Waals surface area contributed by atoms with Crippen LogP contribution in [-0.2, 0) is 61.7 Å². The van der Waals surface area contributed by atoms with Gasteiger partial charge in [-0.15, -0.1) is 0 Å². The molecule has 1 spiro atoms. The quantitative estimate of drug-likeness (QED) is 0.0613. The van der Waals surface area contributed by atoms with Gasteiger partial charge in [0.05, 0.1) is 68.5 Å². The molecule has 0 aromatic carbocycles. The number of quaternary nitrogens is 1. The summed E-state index contributed by atoms with van der Waals surface area (Å²) in [5.74, 6) is -4.29. The molecule has 9 rings (SSSR count). The molecule has 0 aromatic heterocycles. The number of rotatable bonds is 11. The van der Waals surface area contributed by atoms with Crippen LogP contribution in [0.15, 0.2) is 58.4 Å². The summed E-state index contributed by atoms with van der Waals surface area (Å²) in [5, 5.41) is 72.0. The second-order valence-electron chi connectivity index (χ2n) is 26.1. The topological polar surface area (TPSA) is 293 Å². The number of hydrogen-bond donors (Lipinski definition) is 7. The number of amides is 1. The first-order chi connectivity index (χ1) is 39.1. The lowest BCUT2D eigenvalue weighted by Gasteiger charge is -2.56. The van der Waals surface area contributed by atoms with Crippen LogP contribution in [0.4, 0.5) is 4.79 Å². The van der Waals surface area contributed by atoms with Crippen LogP contribution in [0, 0.1) is 52.0 Å². The first-order valence-electron chi connectivity index (χ1n) is 29.9. The molecule has 9 aliphatic rings. The number of carbonyl (C=O) groups is 3. The van der Waals surface area contributed by atoms with Crippen molar-refractivity contribution in [2.45, 2.75) is 244 Å². The molecule has 6 fully saturated rings. The Hall–Kier alpha value is -3.69. The Kier molecular flexibility index (Phi) is 19.1. The minimum atomic E-state index is -1.70. The van der Waals surface area contributed by atoms with Gasteiger partial charge >= 0.3 is 12.1 Å². The second-order valence-corrected chi connectivity index (χ2v) is 26.1. The van der Waals surface area contributed by atoms with E-state index in [9.17, 15) is 40.4 Å². The van der Waals surface area contributed by atoms with Gasteiger partial charge < -0.3 is 83.1 Å². The van der Waals surface area contributed by atoms with E-state index in [0.29, 0.717) is 12.0 Å². The highest BCUT2D eigenvalue weighted by molar-refractivity contribution is 6.26. The first kappa shape index (κ1) is 63.8. The SMILES string of the molecule is COC(=O)N[C@H]1[C@@H](C)O[C@@H](O[C@H]2C/C=C(/C)[C@@H]3C=C[C@@H]4[C@@H](O[C@H]5C[C@@H](O[C@H]6C[C@@H](O)[C@@H](O[C@@H]7C[C@@H](O)[C@@H](OC)[C@H](C)O7)[C@H](C)O6)[C@@H](O)[C@H](C)O5)[C@@H](C)C[C@H](C)[C@H]4[C@]3(C)/C(O)=C3/C(=O)O[C@]4(C[C@@H](C)C(C)=C[C@H]4/C=C\2C)C3=O)C[C@]1(C)[NH+]([O-])O. The molecule has 1 saturated carbocycles. The number of ether oxygens (including phenoxy) is 11. The lowest BCUT2D eigenvalue weighted by molar-refractivity contribution is -1.09. The number of nitrogens with one attached hydrogen (secondary N) is 2. The summed E-state index contributed by atoms with van der Waals surface area (Å²) in [6.45, 7) is 22.4. The van der Waals surface area contributed by atoms with Crippen molar-refractivity contribution in [3.05, 3.63) is 63.6 Å². The Morgan fingerprint density at radius 3 is 1.96 bits per heavy atom. The van der Waals surface area contributed by atoms with Crippen LogP contribution in [0.5, 0.6) is 0 Å². The molecule has 5 saturated heterocycles. The summed E-state index contributed by atoms with van der Waals surface area (Å²) in [6, 6.07) is -0.957. The fourth-order valence-corrected chi connectivity index (χ4v) is 15.8. The number of ketones is 1. The maximum absolute atomic E-state index is 15.5. The van der Waals surface area contributed by atoms with Crippen LogP contribution >= 0.6 is 0 Å². The molecule has 28 atom stereocenters. The number of hydrogen-bond acceptors (Lipinski definition) is 20. The second kappa shape index (κ2) is 24.8. The monoisotopic (exact) mass is 1170 g/mol. The summed E-state index contributed by atoms with van der Waals surface area (Å²) in [7, 11) is 2.71. The van der Waals surface area contributed by atoms with Crippen molar-refractivity contribution in [3.63, 3.8) is 0 Å². The largest absolute Gasteiger partial charge is 0.600 e. The highest BCUT2D eigenvalue weighted by Crippen LogP contribution is 2.61. The molecule has 7 N–H and O–H groups in total. The Bertz CT molecular complexity index is 2530. The Labute approximate surface area is 487 Å². The van der Waals surface area contributed by atoms with E-state index in [-0.39, 0.29) is 73.5 Å². The Morgan fingerprint density at radius 2 is 1.33 bits per heavy atom. The molecule has 1 unspecified atom stereocenters. The van der Waals surface area contributed by atoms with E-state index in [1.807, 2.05) is 58.9 Å². The van der Waals surface area contributed by atoms with E-state index < -0.39 is 162 Å². The van der Waals surface area contributed by atoms with Crippen molar-refractivity contribution in [2.75, 3.05) is 14.2 Å². The zero-order valence-corrected chi connectivity index (χ0v) is 50.6. The average molecular weight is 1170 g/mol. The third-order valence-electron chi connectivity index (χ3n) is 20.4. The number of aliphatic hydroxyl groups excluding tert-OH is 4. The number of fused-ring (bicyclic) bond motifs is 4. The predicted octanol–water partition coefficient (Wildman–Crippen LogP) is 5.10. The van der Waals surface area contributed by atoms with Crippen LogP contribution in [-0.4, -0.2) is 173 Å². The molecule has 0 aromatic rings. The fraction of sp³-hybridized carbons (Fsp3) is 0.787. The van der Waals surface area contributed by atoms with Crippen molar-refractivity contribution in [1.82, 2.24) is 5.32 Å². The van der Waals surface area contributed by atoms with Crippen LogP contribution in [0.3, 0.4) is 0 Å². The first-order valence-corrected chi connectivity index (χ1v) is 29.9. The van der Waals surface area contributed by atoms with Crippen molar-refractivity contribution in [2.24, 2.45) is 46.8 Å². The van der Waals surface area contributed by atoms with Crippen molar-refractivity contribution < 1.29 is 97.3 Å². The lowest BCUT2D eigenvalue weighted by atomic mass is 9.49. The van der Waals surface area contributed by atoms with Crippen LogP contribution in [0.1, 0.15) is 128 Å². The van der Waals surface area contributed by atoms with E-state index in [0.717, 1.165) is 11.1 Å². The highest BCUT2D eigenvalue weighted by atomic mass is 16.8. The van der Waals surface area contributed by atoms with Crippen LogP contribution in [0.25, 0.3) is 0 Å². The highest BCUT2D eigenvalue weighted by Gasteiger charge is 2.64. The third-order valence-corrected chi connectivity index (χ3v) is 20.4. The van der Waals surface area contributed by atoms with Gasteiger partial charge in [0.25, 0.3) is 0 Å². The van der Waals surface area contributed by atoms with Gasteiger partial charge in [-0.2, -0.15) is 0 Å². The van der Waals surface area contributed by atoms with Crippen molar-refractivity contribution >= 4 is 17.8 Å². The van der Waals surface area contributed by atoms with Gasteiger partial charge in [-0.3, -0.25) is 4.79 Å². The van der Waals surface area contributed by atoms with Crippen LogP contribution < -0.4 is 10.5 Å². The molecule has 2 bridgehead atoms. The molecule has 466 valence electrons. The minimum absolute atomic E-state index is 0.0265. The summed E-state index contributed by atoms with van der Waals surface area (Å²) in [5.41, 5.74) is -2.40. The lowest BCUT2D eigenvalue weighted by Crippen LogP contribution is -3.17. The number of aliphatic hydroxyl groups is 4. The van der Waals surface area contributed by atoms with Crippen molar-refractivity contribution in [3.8, 4) is 0 Å². The number of hydroxylamine groups is 2. The maximum atomic E-state index is 15.5. The van der Waals surface area contributed by atoms with Gasteiger partial charge in [-0.1, -0.05) is 69.2 Å². The van der Waals surface area contributed by atoms with Gasteiger partial charge in [0.2, 0.25) is 5.78 Å². The fourth-order valence-electron chi connectivity index (χ4n) is 15.8. The molecule has 5 aliphatic heterocycles. The average Bonchev–Trinajstić information content (AvgIpc) is 1.91. The third kappa shape index (κ3) is 12.0. The smallest absolute Gasteiger partial charge is 0.407 e. The summed E-state index contributed by atoms with van der Waals surface area (Å²) >= 11 is 0. The number of carbonyl (C=O) groups excluding carboxylic acids is 3. The molecule has 0 radical (unpaired) electrons. The zero-order valence-electron chi connectivity index (χ0n) is 50.6. The standard InChI is InChI=1S/C61H92N2O20/c1-27-15-18-42(79-47-26-59(11,63(71)72)54(36(10)78-47)62-58(70)74-14)29(3)21-37-20-28(2)32(6)25-61(37)56(68)48(57(69)83-61)55(67)60(12)39(27)17-16-38-49(60)30(4)19-31(5)51(38)81-46-24-43(50(66)33(7)75-46)80-44-23-41(65)53(35(9)77-44)82-45-22-40(64)52(73-13)34(8)76-45/h15-17,20-21,30-47,49-54,63-67,71H,18-19,22-26H2,1-14H3,(H,62,70)/b27-15-,29-21-,55-48-/t30-,31-,32+,33-,34-,35-,36+,37-,38-,39-,40+,41+,42-,43+,44-,45+,46-,47-,49+,50-,51-,52-,53-,54-,59-,60+,61-/m0/s1. The van der Waals surface area contributed by atoms with Gasteiger partial charge in [0.1, 0.15) is 35.7 Å². The summed E-state index contributed by atoms with van der Waals surface area (Å²) in [4.78, 5) is 42.7. The molecule has 22 nitrogen and oxygen atoms in total. The Balaban J connectivity index is 1.00. The molecular formula is C61H92N2O20. The van der Waals surface area contributed by atoms with E-state index >= 15 is 4.79 Å². The van der Waals surface area contributed by atoms with Gasteiger partial charge in [0, 0.05) is 56.0 Å². The zero-order chi connectivity index (χ0) is 60.5. The Morgan fingerprint density at radius 1 is 0.723 bits per heavy atom. The van der Waals surface area contributed by atoms with Gasteiger partial charge in [-0.25, -0.2) is 20.0 Å². The molecular weight excluding hydrogens is 1080 g/mol. The van der Waals surface area contributed by atoms with Gasteiger partial charge in [0.15, 0.2) is 36.3 Å². The minimum Gasteiger partial charge on any atom is -0.600 e.